The fourth-order valence-electron chi connectivity index (χ4n) is 1.31. The normalized spacial score (nSPS) is 12.6. The van der Waals surface area contributed by atoms with Crippen LogP contribution in [-0.4, -0.2) is 0 Å². The lowest BCUT2D eigenvalue weighted by atomic mass is 10.0. The van der Waals surface area contributed by atoms with Gasteiger partial charge in [-0.3, -0.25) is 0 Å². The molecule has 82 valence electrons. The number of halogens is 3. The Morgan fingerprint density at radius 3 is 2.33 bits per heavy atom. The van der Waals surface area contributed by atoms with Crippen molar-refractivity contribution in [1.82, 2.24) is 0 Å². The van der Waals surface area contributed by atoms with Crippen molar-refractivity contribution in [3.63, 3.8) is 0 Å². The van der Waals surface area contributed by atoms with Gasteiger partial charge in [0.1, 0.15) is 5.82 Å². The SMILES string of the molecule is C=C(C)C[C@@H](N)c1cc(F)c(F)cc1F. The average molecular weight is 215 g/mol. The third-order valence-corrected chi connectivity index (χ3v) is 2.01. The van der Waals surface area contributed by atoms with Crippen molar-refractivity contribution in [2.75, 3.05) is 0 Å². The minimum Gasteiger partial charge on any atom is -0.324 e. The van der Waals surface area contributed by atoms with Gasteiger partial charge in [-0.15, -0.1) is 6.58 Å². The molecule has 0 aliphatic carbocycles. The highest BCUT2D eigenvalue weighted by molar-refractivity contribution is 5.24. The van der Waals surface area contributed by atoms with Crippen LogP contribution in [0.4, 0.5) is 13.2 Å². The summed E-state index contributed by atoms with van der Waals surface area (Å²) in [5, 5.41) is 0. The van der Waals surface area contributed by atoms with Gasteiger partial charge in [0.2, 0.25) is 0 Å². The first-order valence-corrected chi connectivity index (χ1v) is 4.46. The van der Waals surface area contributed by atoms with E-state index in [1.807, 2.05) is 0 Å². The number of benzene rings is 1. The van der Waals surface area contributed by atoms with Gasteiger partial charge in [-0.2, -0.15) is 0 Å². The topological polar surface area (TPSA) is 26.0 Å². The second kappa shape index (κ2) is 4.49. The summed E-state index contributed by atoms with van der Waals surface area (Å²) in [4.78, 5) is 0. The highest BCUT2D eigenvalue weighted by Crippen LogP contribution is 2.22. The van der Waals surface area contributed by atoms with Gasteiger partial charge in [0, 0.05) is 17.7 Å². The van der Waals surface area contributed by atoms with E-state index < -0.39 is 23.5 Å². The molecule has 1 atom stereocenters. The third kappa shape index (κ3) is 2.83. The second-order valence-corrected chi connectivity index (χ2v) is 3.56. The average Bonchev–Trinajstić information content (AvgIpc) is 2.09. The van der Waals surface area contributed by atoms with E-state index >= 15 is 0 Å². The Kier molecular flexibility index (Phi) is 3.52. The maximum Gasteiger partial charge on any atom is 0.161 e. The van der Waals surface area contributed by atoms with Crippen molar-refractivity contribution in [2.24, 2.45) is 5.73 Å². The van der Waals surface area contributed by atoms with Crippen LogP contribution in [0.5, 0.6) is 0 Å². The third-order valence-electron chi connectivity index (χ3n) is 2.01. The molecule has 15 heavy (non-hydrogen) atoms. The van der Waals surface area contributed by atoms with Gasteiger partial charge < -0.3 is 5.73 Å². The van der Waals surface area contributed by atoms with Gasteiger partial charge in [0.25, 0.3) is 0 Å². The molecule has 0 aliphatic rings. The van der Waals surface area contributed by atoms with Crippen LogP contribution in [0, 0.1) is 17.5 Å². The van der Waals surface area contributed by atoms with Crippen molar-refractivity contribution >= 4 is 0 Å². The van der Waals surface area contributed by atoms with Crippen molar-refractivity contribution in [1.29, 1.82) is 0 Å². The minimum absolute atomic E-state index is 0.0306. The molecule has 2 N–H and O–H groups in total. The van der Waals surface area contributed by atoms with E-state index in [4.69, 9.17) is 5.73 Å². The number of hydrogen-bond donors (Lipinski definition) is 1. The van der Waals surface area contributed by atoms with Gasteiger partial charge >= 0.3 is 0 Å². The van der Waals surface area contributed by atoms with Gasteiger partial charge in [-0.1, -0.05) is 5.57 Å². The molecule has 1 nitrogen and oxygen atoms in total. The summed E-state index contributed by atoms with van der Waals surface area (Å²) in [5.74, 6) is -3.13. The van der Waals surface area contributed by atoms with Crippen LogP contribution in [-0.2, 0) is 0 Å². The minimum atomic E-state index is -1.21. The molecular formula is C11H12F3N. The summed E-state index contributed by atoms with van der Waals surface area (Å²) in [5.41, 5.74) is 6.35. The molecule has 0 amide bonds. The molecule has 0 saturated carbocycles. The lowest BCUT2D eigenvalue weighted by Crippen LogP contribution is -2.13. The van der Waals surface area contributed by atoms with Crippen LogP contribution in [0.1, 0.15) is 24.9 Å². The zero-order valence-corrected chi connectivity index (χ0v) is 8.36. The first kappa shape index (κ1) is 11.8. The molecule has 0 bridgehead atoms. The van der Waals surface area contributed by atoms with Crippen LogP contribution in [0.15, 0.2) is 24.3 Å². The van der Waals surface area contributed by atoms with Gasteiger partial charge in [-0.25, -0.2) is 13.2 Å². The van der Waals surface area contributed by atoms with E-state index in [0.29, 0.717) is 12.5 Å². The molecule has 0 aromatic heterocycles. The summed E-state index contributed by atoms with van der Waals surface area (Å²) in [6, 6.07) is 0.596. The maximum atomic E-state index is 13.2. The molecule has 0 heterocycles. The maximum absolute atomic E-state index is 13.2. The van der Waals surface area contributed by atoms with Crippen LogP contribution in [0.25, 0.3) is 0 Å². The molecule has 0 radical (unpaired) electrons. The van der Waals surface area contributed by atoms with Crippen molar-refractivity contribution < 1.29 is 13.2 Å². The fraction of sp³-hybridized carbons (Fsp3) is 0.273. The standard InChI is InChI=1S/C11H12F3N/c1-6(2)3-11(15)7-4-9(13)10(14)5-8(7)12/h4-5,11H,1,3,15H2,2H3/t11-/m1/s1. The molecule has 4 heteroatoms. The molecule has 0 spiro atoms. The molecule has 0 fully saturated rings. The van der Waals surface area contributed by atoms with Crippen LogP contribution >= 0.6 is 0 Å². The van der Waals surface area contributed by atoms with Crippen molar-refractivity contribution in [2.45, 2.75) is 19.4 Å². The number of rotatable bonds is 3. The fourth-order valence-corrected chi connectivity index (χ4v) is 1.31. The summed E-state index contributed by atoms with van der Waals surface area (Å²) >= 11 is 0. The Bertz CT molecular complexity index is 388. The Hall–Kier alpha value is -1.29. The summed E-state index contributed by atoms with van der Waals surface area (Å²) in [7, 11) is 0. The largest absolute Gasteiger partial charge is 0.324 e. The predicted molar refractivity (Wildman–Crippen MR) is 52.7 cm³/mol. The van der Waals surface area contributed by atoms with E-state index in [9.17, 15) is 13.2 Å². The monoisotopic (exact) mass is 215 g/mol. The van der Waals surface area contributed by atoms with E-state index in [1.165, 1.54) is 0 Å². The number of hydrogen-bond acceptors (Lipinski definition) is 1. The highest BCUT2D eigenvalue weighted by atomic mass is 19.2. The van der Waals surface area contributed by atoms with Crippen LogP contribution < -0.4 is 5.73 Å². The lowest BCUT2D eigenvalue weighted by Gasteiger charge is -2.13. The summed E-state index contributed by atoms with van der Waals surface area (Å²) in [6.45, 7) is 5.35. The van der Waals surface area contributed by atoms with Crippen molar-refractivity contribution in [3.05, 3.63) is 47.3 Å². The molecule has 0 saturated heterocycles. The van der Waals surface area contributed by atoms with E-state index in [0.717, 1.165) is 11.6 Å². The summed E-state index contributed by atoms with van der Waals surface area (Å²) < 4.78 is 38.7. The molecule has 1 aromatic rings. The van der Waals surface area contributed by atoms with Crippen LogP contribution in [0.3, 0.4) is 0 Å². The molecule has 0 aliphatic heterocycles. The molecule has 1 aromatic carbocycles. The molecule has 0 unspecified atom stereocenters. The second-order valence-electron chi connectivity index (χ2n) is 3.56. The van der Waals surface area contributed by atoms with Crippen LogP contribution in [0.2, 0.25) is 0 Å². The lowest BCUT2D eigenvalue weighted by molar-refractivity contribution is 0.484. The predicted octanol–water partition coefficient (Wildman–Crippen LogP) is 3.07. The van der Waals surface area contributed by atoms with Gasteiger partial charge in [0.05, 0.1) is 0 Å². The van der Waals surface area contributed by atoms with E-state index in [1.54, 1.807) is 6.92 Å². The Morgan fingerprint density at radius 2 is 1.80 bits per heavy atom. The first-order valence-electron chi connectivity index (χ1n) is 4.46. The Morgan fingerprint density at radius 1 is 1.27 bits per heavy atom. The van der Waals surface area contributed by atoms with Crippen molar-refractivity contribution in [3.8, 4) is 0 Å². The first-order chi connectivity index (χ1) is 6.91. The quantitative estimate of drug-likeness (QED) is 0.608. The number of nitrogens with two attached hydrogens (primary N) is 1. The van der Waals surface area contributed by atoms with Gasteiger partial charge in [-0.05, 0) is 19.4 Å². The highest BCUT2D eigenvalue weighted by Gasteiger charge is 2.15. The Labute approximate surface area is 86.4 Å². The van der Waals surface area contributed by atoms with E-state index in [-0.39, 0.29) is 5.56 Å². The van der Waals surface area contributed by atoms with Gasteiger partial charge in [0.15, 0.2) is 11.6 Å². The summed E-state index contributed by atoms with van der Waals surface area (Å²) in [6.07, 6.45) is 0.335. The Balaban J connectivity index is 3.03. The zero-order chi connectivity index (χ0) is 11.6. The molecule has 1 rings (SSSR count). The van der Waals surface area contributed by atoms with E-state index in [2.05, 4.69) is 6.58 Å². The smallest absolute Gasteiger partial charge is 0.161 e. The zero-order valence-electron chi connectivity index (χ0n) is 8.36. The molecular weight excluding hydrogens is 203 g/mol.